The molecule has 1 aromatic carbocycles. The van der Waals surface area contributed by atoms with E-state index in [0.717, 1.165) is 29.0 Å². The van der Waals surface area contributed by atoms with Crippen LogP contribution in [0, 0.1) is 6.92 Å². The molecule has 2 amide bonds. The Hall–Kier alpha value is -2.28. The van der Waals surface area contributed by atoms with Gasteiger partial charge in [-0.15, -0.1) is 11.3 Å². The lowest BCUT2D eigenvalue weighted by Crippen LogP contribution is -2.48. The molecule has 0 radical (unpaired) electrons. The molecule has 0 aliphatic rings. The molecule has 2 aromatic rings. The second-order valence-electron chi connectivity index (χ2n) is 4.92. The third kappa shape index (κ3) is 3.73. The molecular weight excluding hydrogens is 322 g/mol. The number of hydrazine groups is 1. The van der Waals surface area contributed by atoms with E-state index in [9.17, 15) is 18.4 Å². The molecule has 0 saturated heterocycles. The summed E-state index contributed by atoms with van der Waals surface area (Å²) < 4.78 is 27.9. The van der Waals surface area contributed by atoms with Crippen LogP contribution in [0.25, 0.3) is 0 Å². The number of alkyl halides is 2. The van der Waals surface area contributed by atoms with Crippen molar-refractivity contribution in [2.24, 2.45) is 0 Å². The minimum Gasteiger partial charge on any atom is -0.266 e. The zero-order valence-electron chi connectivity index (χ0n) is 12.7. The predicted octanol–water partition coefficient (Wildman–Crippen LogP) is 3.17. The largest absolute Gasteiger partial charge is 0.351 e. The fourth-order valence-corrected chi connectivity index (χ4v) is 3.02. The van der Waals surface area contributed by atoms with Crippen LogP contribution in [0.2, 0.25) is 0 Å². The van der Waals surface area contributed by atoms with Gasteiger partial charge >= 0.3 is 11.8 Å². The number of hydrogen-bond donors (Lipinski definition) is 2. The standard InChI is InChI=1S/C16H16F2N2O2S/c1-3-12-10(2)9-13(23-12)14(21)19-20-15(22)16(17,18)11-7-5-4-6-8-11/h4-9H,3H2,1-2H3,(H,19,21)(H,20,22). The number of aryl methyl sites for hydroxylation is 2. The van der Waals surface area contributed by atoms with Gasteiger partial charge in [0.25, 0.3) is 5.91 Å². The Bertz CT molecular complexity index is 714. The Morgan fingerprint density at radius 3 is 2.39 bits per heavy atom. The second-order valence-corrected chi connectivity index (χ2v) is 6.06. The Morgan fingerprint density at radius 1 is 1.17 bits per heavy atom. The molecule has 122 valence electrons. The molecule has 0 atom stereocenters. The number of benzene rings is 1. The summed E-state index contributed by atoms with van der Waals surface area (Å²) in [6.07, 6.45) is 0.780. The first-order chi connectivity index (χ1) is 10.9. The summed E-state index contributed by atoms with van der Waals surface area (Å²) in [5.74, 6) is -5.93. The summed E-state index contributed by atoms with van der Waals surface area (Å²) in [5.41, 5.74) is 4.34. The Balaban J connectivity index is 2.02. The Labute approximate surface area is 136 Å². The van der Waals surface area contributed by atoms with E-state index in [-0.39, 0.29) is 0 Å². The van der Waals surface area contributed by atoms with Gasteiger partial charge in [-0.2, -0.15) is 8.78 Å². The normalized spacial score (nSPS) is 11.1. The van der Waals surface area contributed by atoms with Crippen molar-refractivity contribution in [2.45, 2.75) is 26.2 Å². The molecule has 2 rings (SSSR count). The number of thiophene rings is 1. The van der Waals surface area contributed by atoms with Gasteiger partial charge in [-0.25, -0.2) is 0 Å². The number of carbonyl (C=O) groups excluding carboxylic acids is 2. The fourth-order valence-electron chi connectivity index (χ4n) is 2.01. The van der Waals surface area contributed by atoms with Crippen LogP contribution < -0.4 is 10.9 Å². The van der Waals surface area contributed by atoms with E-state index in [4.69, 9.17) is 0 Å². The molecule has 0 fully saturated rings. The molecule has 4 nitrogen and oxygen atoms in total. The first-order valence-electron chi connectivity index (χ1n) is 6.99. The molecule has 1 heterocycles. The lowest BCUT2D eigenvalue weighted by atomic mass is 10.1. The maximum atomic E-state index is 14.0. The third-order valence-corrected chi connectivity index (χ3v) is 4.66. The lowest BCUT2D eigenvalue weighted by Gasteiger charge is -2.16. The highest BCUT2D eigenvalue weighted by Crippen LogP contribution is 2.27. The number of nitrogens with one attached hydrogen (secondary N) is 2. The quantitative estimate of drug-likeness (QED) is 0.841. The number of halogens is 2. The van der Waals surface area contributed by atoms with Gasteiger partial charge in [0, 0.05) is 10.4 Å². The van der Waals surface area contributed by atoms with Crippen LogP contribution >= 0.6 is 11.3 Å². The zero-order valence-corrected chi connectivity index (χ0v) is 13.5. The number of amides is 2. The predicted molar refractivity (Wildman–Crippen MR) is 84.4 cm³/mol. The van der Waals surface area contributed by atoms with Crippen LogP contribution in [0.3, 0.4) is 0 Å². The first kappa shape index (κ1) is 17.1. The van der Waals surface area contributed by atoms with Crippen molar-refractivity contribution in [3.05, 3.63) is 57.3 Å². The van der Waals surface area contributed by atoms with Gasteiger partial charge in [0.05, 0.1) is 4.88 Å². The molecular formula is C16H16F2N2O2S. The van der Waals surface area contributed by atoms with Crippen LogP contribution in [0.5, 0.6) is 0 Å². The molecule has 23 heavy (non-hydrogen) atoms. The summed E-state index contributed by atoms with van der Waals surface area (Å²) in [6.45, 7) is 3.83. The summed E-state index contributed by atoms with van der Waals surface area (Å²) in [5, 5.41) is 0. The average Bonchev–Trinajstić information content (AvgIpc) is 2.94. The summed E-state index contributed by atoms with van der Waals surface area (Å²) in [7, 11) is 0. The van der Waals surface area contributed by atoms with Crippen LogP contribution in [0.4, 0.5) is 8.78 Å². The number of carbonyl (C=O) groups is 2. The van der Waals surface area contributed by atoms with E-state index in [1.165, 1.54) is 23.5 Å². The fraction of sp³-hybridized carbons (Fsp3) is 0.250. The Kier molecular flexibility index (Phi) is 5.10. The van der Waals surface area contributed by atoms with Crippen molar-refractivity contribution >= 4 is 23.2 Å². The average molecular weight is 338 g/mol. The summed E-state index contributed by atoms with van der Waals surface area (Å²) in [6, 6.07) is 8.37. The van der Waals surface area contributed by atoms with Crippen molar-refractivity contribution < 1.29 is 18.4 Å². The van der Waals surface area contributed by atoms with Crippen molar-refractivity contribution in [1.29, 1.82) is 0 Å². The van der Waals surface area contributed by atoms with E-state index in [2.05, 4.69) is 0 Å². The highest BCUT2D eigenvalue weighted by atomic mass is 32.1. The van der Waals surface area contributed by atoms with Gasteiger partial charge in [-0.1, -0.05) is 37.3 Å². The van der Waals surface area contributed by atoms with E-state index < -0.39 is 23.3 Å². The van der Waals surface area contributed by atoms with Gasteiger partial charge < -0.3 is 0 Å². The van der Waals surface area contributed by atoms with Crippen LogP contribution in [-0.4, -0.2) is 11.8 Å². The highest BCUT2D eigenvalue weighted by molar-refractivity contribution is 7.14. The Morgan fingerprint density at radius 2 is 1.83 bits per heavy atom. The molecule has 0 unspecified atom stereocenters. The van der Waals surface area contributed by atoms with Crippen molar-refractivity contribution in [2.75, 3.05) is 0 Å². The molecule has 0 saturated carbocycles. The monoisotopic (exact) mass is 338 g/mol. The molecule has 0 spiro atoms. The molecule has 1 aromatic heterocycles. The van der Waals surface area contributed by atoms with Gasteiger partial charge in [-0.3, -0.25) is 20.4 Å². The van der Waals surface area contributed by atoms with Crippen LogP contribution in [-0.2, 0) is 17.1 Å². The second kappa shape index (κ2) is 6.87. The summed E-state index contributed by atoms with van der Waals surface area (Å²) in [4.78, 5) is 25.0. The minimum atomic E-state index is -3.73. The van der Waals surface area contributed by atoms with Crippen LogP contribution in [0.15, 0.2) is 36.4 Å². The maximum Gasteiger partial charge on any atom is 0.351 e. The third-order valence-electron chi connectivity index (χ3n) is 3.28. The molecule has 7 heteroatoms. The topological polar surface area (TPSA) is 58.2 Å². The van der Waals surface area contributed by atoms with E-state index >= 15 is 0 Å². The lowest BCUT2D eigenvalue weighted by molar-refractivity contribution is -0.147. The van der Waals surface area contributed by atoms with E-state index in [1.807, 2.05) is 19.3 Å². The zero-order chi connectivity index (χ0) is 17.0. The minimum absolute atomic E-state index is 0.364. The number of hydrogen-bond acceptors (Lipinski definition) is 3. The molecule has 0 aliphatic carbocycles. The maximum absolute atomic E-state index is 14.0. The highest BCUT2D eigenvalue weighted by Gasteiger charge is 2.41. The number of rotatable bonds is 4. The van der Waals surface area contributed by atoms with E-state index in [0.29, 0.717) is 4.88 Å². The summed E-state index contributed by atoms with van der Waals surface area (Å²) >= 11 is 1.27. The molecule has 2 N–H and O–H groups in total. The van der Waals surface area contributed by atoms with Gasteiger partial charge in [-0.05, 0) is 25.0 Å². The first-order valence-corrected chi connectivity index (χ1v) is 7.81. The van der Waals surface area contributed by atoms with Crippen molar-refractivity contribution in [3.8, 4) is 0 Å². The smallest absolute Gasteiger partial charge is 0.266 e. The molecule has 0 bridgehead atoms. The van der Waals surface area contributed by atoms with Crippen LogP contribution in [0.1, 0.15) is 32.6 Å². The van der Waals surface area contributed by atoms with E-state index in [1.54, 1.807) is 17.6 Å². The molecule has 0 aliphatic heterocycles. The SMILES string of the molecule is CCc1sc(C(=O)NNC(=O)C(F)(F)c2ccccc2)cc1C. The van der Waals surface area contributed by atoms with Crippen molar-refractivity contribution in [3.63, 3.8) is 0 Å². The van der Waals surface area contributed by atoms with Crippen molar-refractivity contribution in [1.82, 2.24) is 10.9 Å². The van der Waals surface area contributed by atoms with Gasteiger partial charge in [0.15, 0.2) is 0 Å². The van der Waals surface area contributed by atoms with Gasteiger partial charge in [0.1, 0.15) is 0 Å². The van der Waals surface area contributed by atoms with Gasteiger partial charge in [0.2, 0.25) is 0 Å².